The van der Waals surface area contributed by atoms with Crippen molar-refractivity contribution in [3.8, 4) is 0 Å². The van der Waals surface area contributed by atoms with Gasteiger partial charge in [0.05, 0.1) is 0 Å². The molecule has 1 rings (SSSR count). The average molecular weight is 184 g/mol. The lowest BCUT2D eigenvalue weighted by Crippen LogP contribution is -2.50. The third-order valence-corrected chi connectivity index (χ3v) is 3.42. The lowest BCUT2D eigenvalue weighted by Gasteiger charge is -2.38. The maximum atomic E-state index is 5.88. The van der Waals surface area contributed by atoms with Crippen molar-refractivity contribution in [3.63, 3.8) is 0 Å². The Bertz CT molecular complexity index is 158. The van der Waals surface area contributed by atoms with Crippen molar-refractivity contribution >= 4 is 0 Å². The minimum absolute atomic E-state index is 0.263. The van der Waals surface area contributed by atoms with Gasteiger partial charge in [0.25, 0.3) is 0 Å². The fourth-order valence-corrected chi connectivity index (χ4v) is 2.35. The largest absolute Gasteiger partial charge is 0.329 e. The molecule has 0 spiro atoms. The van der Waals surface area contributed by atoms with Gasteiger partial charge < -0.3 is 5.73 Å². The van der Waals surface area contributed by atoms with Gasteiger partial charge in [0, 0.05) is 18.6 Å². The van der Waals surface area contributed by atoms with Crippen molar-refractivity contribution in [3.05, 3.63) is 0 Å². The zero-order chi connectivity index (χ0) is 9.90. The first-order valence-electron chi connectivity index (χ1n) is 5.57. The zero-order valence-corrected chi connectivity index (χ0v) is 9.34. The van der Waals surface area contributed by atoms with E-state index in [9.17, 15) is 0 Å². The number of rotatable bonds is 4. The number of hydrogen-bond donors (Lipinski definition) is 1. The summed E-state index contributed by atoms with van der Waals surface area (Å²) in [5, 5.41) is 0. The summed E-state index contributed by atoms with van der Waals surface area (Å²) in [6.07, 6.45) is 3.81. The Balaban J connectivity index is 2.55. The summed E-state index contributed by atoms with van der Waals surface area (Å²) in [6.45, 7) is 10.2. The van der Waals surface area contributed by atoms with E-state index in [1.165, 1.54) is 32.4 Å². The van der Waals surface area contributed by atoms with Crippen molar-refractivity contribution < 1.29 is 0 Å². The Morgan fingerprint density at radius 2 is 2.23 bits per heavy atom. The second-order valence-corrected chi connectivity index (χ2v) is 4.79. The van der Waals surface area contributed by atoms with Crippen LogP contribution in [0.4, 0.5) is 0 Å². The molecule has 0 aromatic rings. The van der Waals surface area contributed by atoms with Crippen LogP contribution in [-0.4, -0.2) is 30.1 Å². The number of nitrogens with two attached hydrogens (primary N) is 1. The highest BCUT2D eigenvalue weighted by molar-refractivity contribution is 4.90. The average Bonchev–Trinajstić information content (AvgIpc) is 2.52. The van der Waals surface area contributed by atoms with E-state index in [2.05, 4.69) is 25.7 Å². The first kappa shape index (κ1) is 11.0. The highest BCUT2D eigenvalue weighted by Gasteiger charge is 2.33. The van der Waals surface area contributed by atoms with Crippen LogP contribution in [0.2, 0.25) is 0 Å². The molecule has 1 aliphatic heterocycles. The lowest BCUT2D eigenvalue weighted by atomic mass is 9.94. The minimum atomic E-state index is 0.263. The molecule has 1 saturated heterocycles. The Morgan fingerprint density at radius 1 is 1.54 bits per heavy atom. The van der Waals surface area contributed by atoms with Crippen LogP contribution in [0.15, 0.2) is 0 Å². The Labute approximate surface area is 82.5 Å². The molecule has 1 aliphatic rings. The van der Waals surface area contributed by atoms with Gasteiger partial charge in [-0.2, -0.15) is 0 Å². The third-order valence-electron chi connectivity index (χ3n) is 3.42. The SMILES string of the molecule is CCCC(C)(CN)N1CCC(C)C1. The molecule has 0 aliphatic carbocycles. The predicted molar refractivity (Wildman–Crippen MR) is 57.7 cm³/mol. The fraction of sp³-hybridized carbons (Fsp3) is 1.00. The molecular formula is C11H24N2. The lowest BCUT2D eigenvalue weighted by molar-refractivity contribution is 0.127. The van der Waals surface area contributed by atoms with Crippen LogP contribution >= 0.6 is 0 Å². The maximum absolute atomic E-state index is 5.88. The van der Waals surface area contributed by atoms with Crippen LogP contribution in [0.1, 0.15) is 40.0 Å². The maximum Gasteiger partial charge on any atom is 0.0303 e. The van der Waals surface area contributed by atoms with Gasteiger partial charge in [-0.1, -0.05) is 20.3 Å². The van der Waals surface area contributed by atoms with Gasteiger partial charge in [-0.25, -0.2) is 0 Å². The van der Waals surface area contributed by atoms with E-state index in [1.54, 1.807) is 0 Å². The third kappa shape index (κ3) is 2.44. The molecule has 2 heteroatoms. The van der Waals surface area contributed by atoms with Crippen LogP contribution in [0.25, 0.3) is 0 Å². The van der Waals surface area contributed by atoms with E-state index < -0.39 is 0 Å². The van der Waals surface area contributed by atoms with E-state index in [0.29, 0.717) is 0 Å². The number of hydrogen-bond acceptors (Lipinski definition) is 2. The molecule has 0 aromatic heterocycles. The van der Waals surface area contributed by atoms with Gasteiger partial charge >= 0.3 is 0 Å². The molecule has 2 nitrogen and oxygen atoms in total. The Hall–Kier alpha value is -0.0800. The standard InChI is InChI=1S/C11H24N2/c1-4-6-11(3,9-12)13-7-5-10(2)8-13/h10H,4-9,12H2,1-3H3. The van der Waals surface area contributed by atoms with E-state index >= 15 is 0 Å². The Morgan fingerprint density at radius 3 is 2.62 bits per heavy atom. The molecule has 1 heterocycles. The van der Waals surface area contributed by atoms with E-state index in [0.717, 1.165) is 12.5 Å². The molecule has 0 aromatic carbocycles. The van der Waals surface area contributed by atoms with E-state index in [4.69, 9.17) is 5.73 Å². The molecule has 0 bridgehead atoms. The fourth-order valence-electron chi connectivity index (χ4n) is 2.35. The molecule has 0 amide bonds. The summed E-state index contributed by atoms with van der Waals surface area (Å²) in [4.78, 5) is 2.58. The van der Waals surface area contributed by atoms with Crippen LogP contribution in [0.5, 0.6) is 0 Å². The second kappa shape index (κ2) is 4.43. The van der Waals surface area contributed by atoms with Gasteiger partial charge in [0.15, 0.2) is 0 Å². The van der Waals surface area contributed by atoms with Gasteiger partial charge in [-0.05, 0) is 32.2 Å². The summed E-state index contributed by atoms with van der Waals surface area (Å²) in [5.41, 5.74) is 6.14. The monoisotopic (exact) mass is 184 g/mol. The molecule has 13 heavy (non-hydrogen) atoms. The number of nitrogens with zero attached hydrogens (tertiary/aromatic N) is 1. The van der Waals surface area contributed by atoms with Crippen LogP contribution < -0.4 is 5.73 Å². The van der Waals surface area contributed by atoms with Crippen molar-refractivity contribution in [1.29, 1.82) is 0 Å². The molecule has 2 atom stereocenters. The van der Waals surface area contributed by atoms with E-state index in [1.807, 2.05) is 0 Å². The van der Waals surface area contributed by atoms with Crippen LogP contribution in [0, 0.1) is 5.92 Å². The zero-order valence-electron chi connectivity index (χ0n) is 9.34. The van der Waals surface area contributed by atoms with Gasteiger partial charge in [0.1, 0.15) is 0 Å². The second-order valence-electron chi connectivity index (χ2n) is 4.79. The van der Waals surface area contributed by atoms with Gasteiger partial charge in [-0.15, -0.1) is 0 Å². The molecular weight excluding hydrogens is 160 g/mol. The smallest absolute Gasteiger partial charge is 0.0303 e. The highest BCUT2D eigenvalue weighted by atomic mass is 15.2. The molecule has 78 valence electrons. The highest BCUT2D eigenvalue weighted by Crippen LogP contribution is 2.27. The van der Waals surface area contributed by atoms with Crippen molar-refractivity contribution in [2.24, 2.45) is 11.7 Å². The van der Waals surface area contributed by atoms with Crippen molar-refractivity contribution in [2.75, 3.05) is 19.6 Å². The molecule has 2 unspecified atom stereocenters. The van der Waals surface area contributed by atoms with Gasteiger partial charge in [-0.3, -0.25) is 4.90 Å². The summed E-state index contributed by atoms with van der Waals surface area (Å²) >= 11 is 0. The topological polar surface area (TPSA) is 29.3 Å². The van der Waals surface area contributed by atoms with Crippen LogP contribution in [0.3, 0.4) is 0 Å². The molecule has 0 radical (unpaired) electrons. The van der Waals surface area contributed by atoms with Crippen molar-refractivity contribution in [1.82, 2.24) is 4.90 Å². The summed E-state index contributed by atoms with van der Waals surface area (Å²) in [7, 11) is 0. The molecule has 1 fully saturated rings. The summed E-state index contributed by atoms with van der Waals surface area (Å²) in [6, 6.07) is 0. The van der Waals surface area contributed by atoms with E-state index in [-0.39, 0.29) is 5.54 Å². The summed E-state index contributed by atoms with van der Waals surface area (Å²) in [5.74, 6) is 0.864. The van der Waals surface area contributed by atoms with Crippen LogP contribution in [-0.2, 0) is 0 Å². The first-order chi connectivity index (χ1) is 6.12. The first-order valence-corrected chi connectivity index (χ1v) is 5.57. The van der Waals surface area contributed by atoms with Crippen molar-refractivity contribution in [2.45, 2.75) is 45.6 Å². The predicted octanol–water partition coefficient (Wildman–Crippen LogP) is 1.85. The molecule has 2 N–H and O–H groups in total. The summed E-state index contributed by atoms with van der Waals surface area (Å²) < 4.78 is 0. The van der Waals surface area contributed by atoms with Gasteiger partial charge in [0.2, 0.25) is 0 Å². The quantitative estimate of drug-likeness (QED) is 0.722. The number of likely N-dealkylation sites (tertiary alicyclic amines) is 1. The normalized spacial score (nSPS) is 29.1. The molecule has 0 saturated carbocycles. The minimum Gasteiger partial charge on any atom is -0.329 e. The Kier molecular flexibility index (Phi) is 3.74.